The highest BCUT2D eigenvalue weighted by Crippen LogP contribution is 2.21. The predicted molar refractivity (Wildman–Crippen MR) is 73.9 cm³/mol. The Morgan fingerprint density at radius 2 is 2.10 bits per heavy atom. The van der Waals surface area contributed by atoms with E-state index in [0.717, 1.165) is 5.56 Å². The van der Waals surface area contributed by atoms with Gasteiger partial charge in [0.1, 0.15) is 11.7 Å². The smallest absolute Gasteiger partial charge is 0.338 e. The minimum absolute atomic E-state index is 0.0660. The molecule has 0 bridgehead atoms. The molecule has 1 aliphatic heterocycles. The second-order valence-corrected chi connectivity index (χ2v) is 5.14. The number of hydrogen-bond donors (Lipinski definition) is 1. The average Bonchev–Trinajstić information content (AvgIpc) is 2.65. The zero-order valence-corrected chi connectivity index (χ0v) is 11.9. The quantitative estimate of drug-likeness (QED) is 0.905. The van der Waals surface area contributed by atoms with Gasteiger partial charge in [0, 0.05) is 12.2 Å². The molecule has 0 radical (unpaired) electrons. The summed E-state index contributed by atoms with van der Waals surface area (Å²) in [5.74, 6) is -0.863. The van der Waals surface area contributed by atoms with Crippen molar-refractivity contribution in [1.82, 2.24) is 9.88 Å². The number of carbonyl (C=O) groups is 2. The first-order chi connectivity index (χ1) is 9.32. The summed E-state index contributed by atoms with van der Waals surface area (Å²) in [6.45, 7) is 7.19. The minimum Gasteiger partial charge on any atom is -0.478 e. The molecule has 1 aromatic heterocycles. The van der Waals surface area contributed by atoms with Crippen molar-refractivity contribution in [2.24, 2.45) is 4.99 Å². The Bertz CT molecular complexity index is 608. The zero-order valence-electron chi connectivity index (χ0n) is 11.9. The number of aryl methyl sites for hydroxylation is 1. The van der Waals surface area contributed by atoms with Crippen LogP contribution in [0.4, 0.5) is 0 Å². The number of amidine groups is 1. The number of aromatic nitrogens is 1. The molecule has 1 aromatic rings. The Balaban J connectivity index is 2.58. The molecule has 0 saturated carbocycles. The van der Waals surface area contributed by atoms with Gasteiger partial charge in [0.25, 0.3) is 5.91 Å². The van der Waals surface area contributed by atoms with Crippen LogP contribution in [0.5, 0.6) is 0 Å². The Morgan fingerprint density at radius 3 is 2.65 bits per heavy atom. The summed E-state index contributed by atoms with van der Waals surface area (Å²) in [4.78, 5) is 33.5. The Labute approximate surface area is 117 Å². The van der Waals surface area contributed by atoms with E-state index in [1.54, 1.807) is 26.1 Å². The van der Waals surface area contributed by atoms with Crippen LogP contribution in [-0.4, -0.2) is 44.8 Å². The molecule has 0 spiro atoms. The van der Waals surface area contributed by atoms with E-state index in [4.69, 9.17) is 0 Å². The van der Waals surface area contributed by atoms with Gasteiger partial charge in [-0.2, -0.15) is 0 Å². The van der Waals surface area contributed by atoms with Crippen LogP contribution < -0.4 is 0 Å². The van der Waals surface area contributed by atoms with Gasteiger partial charge < -0.3 is 5.11 Å². The van der Waals surface area contributed by atoms with E-state index in [0.29, 0.717) is 5.84 Å². The van der Waals surface area contributed by atoms with Gasteiger partial charge in [-0.15, -0.1) is 0 Å². The lowest BCUT2D eigenvalue weighted by atomic mass is 10.1. The lowest BCUT2D eigenvalue weighted by molar-refractivity contribution is -0.128. The van der Waals surface area contributed by atoms with E-state index in [1.807, 2.05) is 13.8 Å². The highest BCUT2D eigenvalue weighted by molar-refractivity contribution is 6.16. The number of aromatic carboxylic acids is 1. The van der Waals surface area contributed by atoms with E-state index < -0.39 is 12.0 Å². The molecule has 0 aliphatic carbocycles. The Morgan fingerprint density at radius 1 is 1.45 bits per heavy atom. The molecule has 1 unspecified atom stereocenters. The third-order valence-corrected chi connectivity index (χ3v) is 3.12. The predicted octanol–water partition coefficient (Wildman–Crippen LogP) is 1.47. The van der Waals surface area contributed by atoms with Crippen LogP contribution in [-0.2, 0) is 4.79 Å². The number of hydrogen-bond acceptors (Lipinski definition) is 4. The van der Waals surface area contributed by atoms with E-state index in [2.05, 4.69) is 9.98 Å². The summed E-state index contributed by atoms with van der Waals surface area (Å²) >= 11 is 0. The summed E-state index contributed by atoms with van der Waals surface area (Å²) in [7, 11) is 0. The molecular weight excluding hydrogens is 258 g/mol. The lowest BCUT2D eigenvalue weighted by Crippen LogP contribution is -2.41. The molecule has 2 heterocycles. The molecule has 0 saturated heterocycles. The number of aliphatic imine (C=N–C) groups is 1. The molecule has 6 heteroatoms. The summed E-state index contributed by atoms with van der Waals surface area (Å²) in [6.07, 6.45) is 1.58. The maximum absolute atomic E-state index is 12.1. The molecule has 1 amide bonds. The van der Waals surface area contributed by atoms with Crippen LogP contribution >= 0.6 is 0 Å². The number of pyridine rings is 1. The summed E-state index contributed by atoms with van der Waals surface area (Å²) in [5, 5.41) is 9.31. The summed E-state index contributed by atoms with van der Waals surface area (Å²) in [5.41, 5.74) is 1.06. The second kappa shape index (κ2) is 5.03. The first-order valence-electron chi connectivity index (χ1n) is 6.44. The molecule has 6 nitrogen and oxygen atoms in total. The average molecular weight is 275 g/mol. The second-order valence-electron chi connectivity index (χ2n) is 5.14. The van der Waals surface area contributed by atoms with Gasteiger partial charge in [0.15, 0.2) is 5.84 Å². The first kappa shape index (κ1) is 14.2. The fraction of sp³-hybridized carbons (Fsp3) is 0.429. The molecule has 20 heavy (non-hydrogen) atoms. The van der Waals surface area contributed by atoms with Gasteiger partial charge in [-0.05, 0) is 39.3 Å². The normalized spacial score (nSPS) is 18.6. The van der Waals surface area contributed by atoms with Crippen molar-refractivity contribution in [1.29, 1.82) is 0 Å². The van der Waals surface area contributed by atoms with Crippen LogP contribution in [0.25, 0.3) is 0 Å². The van der Waals surface area contributed by atoms with Crippen LogP contribution in [0.15, 0.2) is 17.3 Å². The van der Waals surface area contributed by atoms with Gasteiger partial charge >= 0.3 is 5.97 Å². The first-order valence-corrected chi connectivity index (χ1v) is 6.44. The Kier molecular flexibility index (Phi) is 3.57. The monoisotopic (exact) mass is 275 g/mol. The van der Waals surface area contributed by atoms with E-state index in [-0.39, 0.29) is 23.2 Å². The largest absolute Gasteiger partial charge is 0.478 e. The SMILES string of the molecule is Cc1cnc(C2=NC(C)C(=O)N2C(C)C)c(C(=O)O)c1. The number of nitrogens with zero attached hydrogens (tertiary/aromatic N) is 3. The van der Waals surface area contributed by atoms with Gasteiger partial charge in [-0.1, -0.05) is 0 Å². The molecule has 1 atom stereocenters. The minimum atomic E-state index is -1.07. The number of carboxylic acids is 1. The number of carboxylic acid groups (broad SMARTS) is 1. The highest BCUT2D eigenvalue weighted by Gasteiger charge is 2.36. The number of carbonyl (C=O) groups excluding carboxylic acids is 1. The maximum atomic E-state index is 12.1. The van der Waals surface area contributed by atoms with Gasteiger partial charge in [-0.3, -0.25) is 19.7 Å². The van der Waals surface area contributed by atoms with Crippen molar-refractivity contribution in [3.8, 4) is 0 Å². The summed E-state index contributed by atoms with van der Waals surface area (Å²) in [6, 6.07) is 0.937. The summed E-state index contributed by atoms with van der Waals surface area (Å²) < 4.78 is 0. The van der Waals surface area contributed by atoms with Gasteiger partial charge in [0.05, 0.1) is 5.56 Å². The van der Waals surface area contributed by atoms with Crippen molar-refractivity contribution >= 4 is 17.7 Å². The zero-order chi connectivity index (χ0) is 15.0. The molecule has 1 aliphatic rings. The van der Waals surface area contributed by atoms with Gasteiger partial charge in [0.2, 0.25) is 0 Å². The fourth-order valence-electron chi connectivity index (χ4n) is 2.19. The molecule has 1 N–H and O–H groups in total. The van der Waals surface area contributed by atoms with Crippen molar-refractivity contribution < 1.29 is 14.7 Å². The van der Waals surface area contributed by atoms with E-state index >= 15 is 0 Å². The topological polar surface area (TPSA) is 82.9 Å². The fourth-order valence-corrected chi connectivity index (χ4v) is 2.19. The van der Waals surface area contributed by atoms with Crippen molar-refractivity contribution in [3.05, 3.63) is 29.1 Å². The van der Waals surface area contributed by atoms with Crippen molar-refractivity contribution in [2.45, 2.75) is 39.8 Å². The van der Waals surface area contributed by atoms with E-state index in [9.17, 15) is 14.7 Å². The number of rotatable bonds is 3. The van der Waals surface area contributed by atoms with Crippen molar-refractivity contribution in [2.75, 3.05) is 0 Å². The van der Waals surface area contributed by atoms with Crippen LogP contribution in [0, 0.1) is 6.92 Å². The van der Waals surface area contributed by atoms with Crippen LogP contribution in [0.2, 0.25) is 0 Å². The lowest BCUT2D eigenvalue weighted by Gasteiger charge is -2.23. The molecule has 0 fully saturated rings. The van der Waals surface area contributed by atoms with Crippen molar-refractivity contribution in [3.63, 3.8) is 0 Å². The molecular formula is C14H17N3O3. The molecule has 0 aromatic carbocycles. The van der Waals surface area contributed by atoms with Crippen LogP contribution in [0.3, 0.4) is 0 Å². The highest BCUT2D eigenvalue weighted by atomic mass is 16.4. The maximum Gasteiger partial charge on any atom is 0.338 e. The molecule has 106 valence electrons. The third kappa shape index (κ3) is 2.29. The Hall–Kier alpha value is -2.24. The molecule has 2 rings (SSSR count). The van der Waals surface area contributed by atoms with Gasteiger partial charge in [-0.25, -0.2) is 4.79 Å². The number of amides is 1. The standard InChI is InChI=1S/C14H17N3O3/c1-7(2)17-12(16-9(4)13(17)18)11-10(14(19)20)5-8(3)6-15-11/h5-7,9H,1-4H3,(H,19,20). The van der Waals surface area contributed by atoms with E-state index in [1.165, 1.54) is 4.90 Å². The van der Waals surface area contributed by atoms with Crippen LogP contribution in [0.1, 0.15) is 42.4 Å². The third-order valence-electron chi connectivity index (χ3n) is 3.12.